The summed E-state index contributed by atoms with van der Waals surface area (Å²) in [4.78, 5) is 13.8. The predicted octanol–water partition coefficient (Wildman–Crippen LogP) is 3.60. The summed E-state index contributed by atoms with van der Waals surface area (Å²) < 4.78 is 13.2. The van der Waals surface area contributed by atoms with Crippen LogP contribution in [0, 0.1) is 12.8 Å². The Morgan fingerprint density at radius 1 is 1.35 bits per heavy atom. The molecule has 1 aromatic rings. The van der Waals surface area contributed by atoms with E-state index in [9.17, 15) is 9.18 Å². The van der Waals surface area contributed by atoms with Gasteiger partial charge in [-0.05, 0) is 62.4 Å². The van der Waals surface area contributed by atoms with E-state index in [4.69, 9.17) is 0 Å². The maximum absolute atomic E-state index is 13.2. The molecule has 0 bridgehead atoms. The largest absolute Gasteiger partial charge is 0.416 e. The fourth-order valence-corrected chi connectivity index (χ4v) is 3.88. The van der Waals surface area contributed by atoms with E-state index in [-0.39, 0.29) is 6.03 Å². The van der Waals surface area contributed by atoms with Gasteiger partial charge in [0.15, 0.2) is 0 Å². The second-order valence-corrected chi connectivity index (χ2v) is 7.46. The van der Waals surface area contributed by atoms with Crippen LogP contribution in [0.1, 0.15) is 36.8 Å². The normalized spacial score (nSPS) is 21.5. The minimum absolute atomic E-state index is 0.278. The van der Waals surface area contributed by atoms with Crippen LogP contribution in [0.5, 0.6) is 0 Å². The number of urea groups is 1. The molecule has 1 aliphatic heterocycles. The van der Waals surface area contributed by atoms with E-state index in [2.05, 4.69) is 35.0 Å². The Bertz CT molecular complexity index is 705. The zero-order valence-electron chi connectivity index (χ0n) is 15.5. The highest BCUT2D eigenvalue weighted by Crippen LogP contribution is 2.29. The number of aryl methyl sites for hydroxylation is 1. The Labute approximate surface area is 154 Å². The van der Waals surface area contributed by atoms with Crippen molar-refractivity contribution in [1.82, 2.24) is 4.90 Å². The summed E-state index contributed by atoms with van der Waals surface area (Å²) >= 11 is 0. The Balaban J connectivity index is 1.55. The number of alkyl halides is 1. The molecule has 2 aliphatic rings. The first kappa shape index (κ1) is 18.8. The molecule has 0 radical (unpaired) electrons. The molecule has 5 heteroatoms. The first-order chi connectivity index (χ1) is 12.5. The molecule has 0 spiro atoms. The van der Waals surface area contributed by atoms with Gasteiger partial charge < -0.3 is 0 Å². The van der Waals surface area contributed by atoms with Crippen molar-refractivity contribution in [3.63, 3.8) is 0 Å². The topological polar surface area (TPSA) is 60.0 Å². The quantitative estimate of drug-likeness (QED) is 0.845. The lowest BCUT2D eigenvalue weighted by Gasteiger charge is -2.33. The lowest BCUT2D eigenvalue weighted by atomic mass is 9.88. The number of hydrogen-bond acceptors (Lipinski definition) is 2. The highest BCUT2D eigenvalue weighted by molar-refractivity contribution is 5.82. The first-order valence-corrected chi connectivity index (χ1v) is 9.46. The molecule has 26 heavy (non-hydrogen) atoms. The molecule has 1 heterocycles. The molecular formula is C21H29FN3O+. The van der Waals surface area contributed by atoms with E-state index in [0.717, 1.165) is 44.6 Å². The lowest BCUT2D eigenvalue weighted by Crippen LogP contribution is -2.59. The number of anilines is 1. The molecule has 1 aliphatic carbocycles. The van der Waals surface area contributed by atoms with Gasteiger partial charge in [0.2, 0.25) is 0 Å². The molecule has 4 nitrogen and oxygen atoms in total. The molecule has 3 rings (SSSR count). The van der Waals surface area contributed by atoms with E-state index in [0.29, 0.717) is 12.3 Å². The van der Waals surface area contributed by atoms with Gasteiger partial charge in [-0.1, -0.05) is 35.9 Å². The number of carbonyl (C=O) groups is 1. The number of nitrogens with zero attached hydrogens (tertiary/aromatic N) is 1. The van der Waals surface area contributed by atoms with Gasteiger partial charge in [-0.2, -0.15) is 0 Å². The van der Waals surface area contributed by atoms with Gasteiger partial charge in [0.05, 0.1) is 5.69 Å². The number of halogens is 1. The smallest absolute Gasteiger partial charge is 0.299 e. The van der Waals surface area contributed by atoms with Crippen molar-refractivity contribution in [2.45, 2.75) is 45.3 Å². The summed E-state index contributed by atoms with van der Waals surface area (Å²) in [6, 6.07) is 5.71. The van der Waals surface area contributed by atoms with E-state index < -0.39 is 6.17 Å². The second-order valence-electron chi connectivity index (χ2n) is 7.46. The zero-order chi connectivity index (χ0) is 18.5. The lowest BCUT2D eigenvalue weighted by molar-refractivity contribution is -0.242. The van der Waals surface area contributed by atoms with Crippen molar-refractivity contribution >= 4 is 11.7 Å². The Kier molecular flexibility index (Phi) is 6.22. The third-order valence-corrected chi connectivity index (χ3v) is 5.42. The number of benzene rings is 1. The summed E-state index contributed by atoms with van der Waals surface area (Å²) in [6.07, 6.45) is 8.80. The van der Waals surface area contributed by atoms with Crippen LogP contribution in [-0.4, -0.2) is 30.2 Å². The summed E-state index contributed by atoms with van der Waals surface area (Å²) in [7, 11) is 0. The summed E-state index contributed by atoms with van der Waals surface area (Å²) in [5, 5.41) is 2.85. The number of amides is 2. The third kappa shape index (κ3) is 5.02. The van der Waals surface area contributed by atoms with Crippen LogP contribution in [0.2, 0.25) is 0 Å². The van der Waals surface area contributed by atoms with E-state index in [1.54, 1.807) is 6.08 Å². The molecule has 1 fully saturated rings. The van der Waals surface area contributed by atoms with Gasteiger partial charge in [0.25, 0.3) is 0 Å². The number of carbonyl (C=O) groups excluding carboxylic acids is 1. The number of quaternary nitrogens is 1. The molecule has 0 saturated carbocycles. The molecule has 1 atom stereocenters. The molecule has 0 aromatic heterocycles. The zero-order valence-corrected chi connectivity index (χ0v) is 15.5. The minimum Gasteiger partial charge on any atom is -0.299 e. The van der Waals surface area contributed by atoms with Crippen LogP contribution in [0.25, 0.3) is 0 Å². The van der Waals surface area contributed by atoms with Gasteiger partial charge in [0, 0.05) is 13.0 Å². The van der Waals surface area contributed by atoms with Crippen molar-refractivity contribution in [3.8, 4) is 0 Å². The van der Waals surface area contributed by atoms with Crippen LogP contribution in [0.3, 0.4) is 0 Å². The Morgan fingerprint density at radius 3 is 2.77 bits per heavy atom. The van der Waals surface area contributed by atoms with Gasteiger partial charge in [0.1, 0.15) is 6.17 Å². The Hall–Kier alpha value is -1.98. The highest BCUT2D eigenvalue weighted by Gasteiger charge is 2.22. The van der Waals surface area contributed by atoms with E-state index >= 15 is 0 Å². The monoisotopic (exact) mass is 358 g/mol. The number of allylic oxidation sites excluding steroid dienone is 4. The van der Waals surface area contributed by atoms with Crippen molar-refractivity contribution in [2.75, 3.05) is 18.4 Å². The van der Waals surface area contributed by atoms with Crippen molar-refractivity contribution in [1.29, 1.82) is 0 Å². The summed E-state index contributed by atoms with van der Waals surface area (Å²) in [5.74, 6) is 0.675. The number of nitrogens with one attached hydrogen (secondary N) is 1. The number of hydrogen-bond donors (Lipinski definition) is 2. The maximum Gasteiger partial charge on any atom is 0.416 e. The molecular weight excluding hydrogens is 329 g/mol. The van der Waals surface area contributed by atoms with E-state index in [1.165, 1.54) is 16.7 Å². The van der Waals surface area contributed by atoms with Gasteiger partial charge >= 0.3 is 6.03 Å². The van der Waals surface area contributed by atoms with Crippen LogP contribution in [0.4, 0.5) is 14.9 Å². The number of piperidine rings is 1. The van der Waals surface area contributed by atoms with Crippen molar-refractivity contribution in [2.24, 2.45) is 5.92 Å². The molecule has 4 N–H and O–H groups in total. The summed E-state index contributed by atoms with van der Waals surface area (Å²) in [5.41, 5.74) is 7.95. The fourth-order valence-electron chi connectivity index (χ4n) is 3.88. The van der Waals surface area contributed by atoms with Gasteiger partial charge in [-0.15, -0.1) is 0 Å². The van der Waals surface area contributed by atoms with Crippen molar-refractivity contribution < 1.29 is 14.9 Å². The maximum atomic E-state index is 13.2. The van der Waals surface area contributed by atoms with Crippen LogP contribution in [0.15, 0.2) is 42.0 Å². The van der Waals surface area contributed by atoms with Crippen molar-refractivity contribution in [3.05, 3.63) is 53.1 Å². The highest BCUT2D eigenvalue weighted by atomic mass is 19.1. The van der Waals surface area contributed by atoms with Crippen LogP contribution in [-0.2, 0) is 6.54 Å². The van der Waals surface area contributed by atoms with Gasteiger partial charge in [-0.3, -0.25) is 16.0 Å². The van der Waals surface area contributed by atoms with Crippen LogP contribution < -0.4 is 11.1 Å². The molecule has 1 unspecified atom stereocenters. The third-order valence-electron chi connectivity index (χ3n) is 5.42. The Morgan fingerprint density at radius 2 is 2.12 bits per heavy atom. The van der Waals surface area contributed by atoms with E-state index in [1.807, 2.05) is 18.2 Å². The fraction of sp³-hybridized carbons (Fsp3) is 0.476. The average molecular weight is 358 g/mol. The molecule has 1 aromatic carbocycles. The molecule has 140 valence electrons. The molecule has 1 saturated heterocycles. The average Bonchev–Trinajstić information content (AvgIpc) is 2.61. The van der Waals surface area contributed by atoms with Crippen LogP contribution >= 0.6 is 0 Å². The van der Waals surface area contributed by atoms with Gasteiger partial charge in [-0.25, -0.2) is 9.18 Å². The molecule has 2 amide bonds. The number of likely N-dealkylation sites (tertiary alicyclic amines) is 1. The number of rotatable bonds is 5. The minimum atomic E-state index is -0.803. The summed E-state index contributed by atoms with van der Waals surface area (Å²) in [6.45, 7) is 5.04. The predicted molar refractivity (Wildman–Crippen MR) is 102 cm³/mol. The second kappa shape index (κ2) is 8.60. The standard InChI is InChI=1S/C21H28FN3O/c1-15-3-2-4-20(24-21(23)26)19(15)14-25-11-9-17(10-12-25)13-16-5-7-18(22)8-6-16/h2-7,17-18H,8-14H2,1H3,(H3,23,24,26)/p+1. The first-order valence-electron chi connectivity index (χ1n) is 9.46. The SMILES string of the molecule is Cc1cccc(NC([NH3+])=O)c1CN1CCC(CC2=CCC(F)C=C2)CC1.